The van der Waals surface area contributed by atoms with Gasteiger partial charge in [0.1, 0.15) is 12.4 Å². The van der Waals surface area contributed by atoms with Gasteiger partial charge in [-0.3, -0.25) is 4.79 Å². The molecule has 1 atom stereocenters. The van der Waals surface area contributed by atoms with Crippen LogP contribution in [0.3, 0.4) is 0 Å². The predicted molar refractivity (Wildman–Crippen MR) is 128 cm³/mol. The van der Waals surface area contributed by atoms with Crippen LogP contribution in [0.1, 0.15) is 34.9 Å². The van der Waals surface area contributed by atoms with Gasteiger partial charge in [0.05, 0.1) is 5.56 Å². The fourth-order valence-electron chi connectivity index (χ4n) is 3.16. The van der Waals surface area contributed by atoms with Crippen molar-refractivity contribution in [3.05, 3.63) is 83.4 Å². The van der Waals surface area contributed by atoms with E-state index in [9.17, 15) is 14.7 Å². The van der Waals surface area contributed by atoms with Crippen LogP contribution >= 0.6 is 11.8 Å². The Labute approximate surface area is 211 Å². The molecule has 1 heterocycles. The second kappa shape index (κ2) is 12.9. The zero-order valence-electron chi connectivity index (χ0n) is 19.8. The number of thioether (sulfide) groups is 1. The molecule has 33 heavy (non-hydrogen) atoms. The zero-order valence-corrected chi connectivity index (χ0v) is 19.6. The second-order valence-electron chi connectivity index (χ2n) is 7.10. The molecule has 0 bridgehead atoms. The van der Waals surface area contributed by atoms with Crippen LogP contribution in [0.4, 0.5) is 0 Å². The summed E-state index contributed by atoms with van der Waals surface area (Å²) in [6.07, 6.45) is 6.96. The van der Waals surface area contributed by atoms with Crippen molar-refractivity contribution in [2.75, 3.05) is 12.0 Å². The molecule has 0 radical (unpaired) electrons. The van der Waals surface area contributed by atoms with Gasteiger partial charge < -0.3 is 11.8 Å². The van der Waals surface area contributed by atoms with Crippen LogP contribution in [-0.2, 0) is 4.79 Å². The Morgan fingerprint density at radius 3 is 2.45 bits per heavy atom. The van der Waals surface area contributed by atoms with Crippen LogP contribution in [0.25, 0.3) is 11.1 Å². The van der Waals surface area contributed by atoms with Crippen molar-refractivity contribution >= 4 is 23.6 Å². The Kier molecular flexibility index (Phi) is 10.2. The van der Waals surface area contributed by atoms with Crippen molar-refractivity contribution in [2.24, 2.45) is 0 Å². The van der Waals surface area contributed by atoms with Crippen LogP contribution in [0.5, 0.6) is 0 Å². The average molecular weight is 453 g/mol. The molecule has 6 nitrogen and oxygen atoms in total. The number of hydrogen-bond acceptors (Lipinski definition) is 5. The van der Waals surface area contributed by atoms with Gasteiger partial charge in [0.15, 0.2) is 0 Å². The summed E-state index contributed by atoms with van der Waals surface area (Å²) in [6, 6.07) is 12.1. The van der Waals surface area contributed by atoms with Crippen LogP contribution < -0.4 is 24.2 Å². The van der Waals surface area contributed by atoms with Gasteiger partial charge in [-0.1, -0.05) is 36.1 Å². The summed E-state index contributed by atoms with van der Waals surface area (Å²) in [5.74, 6) is 5.27. The maximum Gasteiger partial charge on any atom is 1.00 e. The predicted octanol–water partition coefficient (Wildman–Crippen LogP) is 0.904. The van der Waals surface area contributed by atoms with E-state index in [1.165, 1.54) is 18.1 Å². The molecule has 2 N–H and O–H groups in total. The van der Waals surface area contributed by atoms with Gasteiger partial charge in [-0.25, -0.2) is 14.8 Å². The number of nitrogens with one attached hydrogen (secondary N) is 1. The number of hydrogen-bond donors (Lipinski definition) is 2. The van der Waals surface area contributed by atoms with E-state index in [0.29, 0.717) is 28.9 Å². The molecule has 1 amide bonds. The smallest absolute Gasteiger partial charge is 1.00 e. The first-order valence-electron chi connectivity index (χ1n) is 9.99. The summed E-state index contributed by atoms with van der Waals surface area (Å²) in [6.45, 7) is 1.97. The molecular weight excluding hydrogens is 429 g/mol. The van der Waals surface area contributed by atoms with Gasteiger partial charge in [-0.05, 0) is 60.2 Å². The molecule has 2 aromatic carbocycles. The maximum absolute atomic E-state index is 13.1. The largest absolute Gasteiger partial charge is 1.00 e. The monoisotopic (exact) mass is 453 g/mol. The Balaban J connectivity index is 0.00000289. The summed E-state index contributed by atoms with van der Waals surface area (Å²) < 4.78 is 0. The van der Waals surface area contributed by atoms with E-state index in [1.54, 1.807) is 24.5 Å². The summed E-state index contributed by atoms with van der Waals surface area (Å²) >= 11 is 1.54. The standard InChI is InChI=1S/C25H23N3O3S.Li.H/c1-17-5-3-4-6-20(17)22-13-18(7-8-19-14-26-16-27-15-19)9-10-21(22)24(29)28-23(25(30)31)11-12-32-2;;/h3-6,9-10,13-16,23H,11-12H2,1-2H3,(H,28,29)(H,30,31);;/q;+1;-1/t23-;;/m0../s1. The number of nitrogens with zero attached hydrogens (tertiary/aromatic N) is 2. The van der Waals surface area contributed by atoms with E-state index in [1.807, 2.05) is 43.5 Å². The molecule has 0 aliphatic carbocycles. The van der Waals surface area contributed by atoms with Crippen LogP contribution in [0.15, 0.2) is 61.2 Å². The SMILES string of the molecule is CSCC[C@H](NC(=O)c1ccc(C#Cc2cncnc2)cc1-c1ccccc1C)C(=O)O.[H-].[Li+]. The van der Waals surface area contributed by atoms with Gasteiger partial charge in [-0.15, -0.1) is 0 Å². The zero-order chi connectivity index (χ0) is 22.9. The van der Waals surface area contributed by atoms with Crippen molar-refractivity contribution < 1.29 is 35.0 Å². The van der Waals surface area contributed by atoms with Crippen molar-refractivity contribution in [3.63, 3.8) is 0 Å². The van der Waals surface area contributed by atoms with Crippen LogP contribution in [0, 0.1) is 18.8 Å². The number of carbonyl (C=O) groups excluding carboxylic acids is 1. The molecule has 164 valence electrons. The molecule has 3 aromatic rings. The van der Waals surface area contributed by atoms with Crippen molar-refractivity contribution in [1.29, 1.82) is 0 Å². The van der Waals surface area contributed by atoms with E-state index in [4.69, 9.17) is 0 Å². The van der Waals surface area contributed by atoms with E-state index >= 15 is 0 Å². The molecule has 0 spiro atoms. The first-order valence-corrected chi connectivity index (χ1v) is 11.4. The molecule has 0 unspecified atom stereocenters. The summed E-state index contributed by atoms with van der Waals surface area (Å²) in [4.78, 5) is 32.6. The number of carboxylic acids is 1. The number of amides is 1. The minimum Gasteiger partial charge on any atom is -1.00 e. The molecule has 0 fully saturated rings. The molecule has 3 rings (SSSR count). The molecule has 8 heteroatoms. The van der Waals surface area contributed by atoms with Crippen LogP contribution in [-0.4, -0.2) is 45.0 Å². The van der Waals surface area contributed by atoms with Gasteiger partial charge in [-0.2, -0.15) is 11.8 Å². The Morgan fingerprint density at radius 2 is 1.79 bits per heavy atom. The normalized spacial score (nSPS) is 10.8. The third kappa shape index (κ3) is 7.23. The first-order chi connectivity index (χ1) is 15.5. The fourth-order valence-corrected chi connectivity index (χ4v) is 3.63. The first kappa shape index (κ1) is 26.2. The molecule has 0 aliphatic heterocycles. The number of carbonyl (C=O) groups is 2. The maximum atomic E-state index is 13.1. The summed E-state index contributed by atoms with van der Waals surface area (Å²) in [5.41, 5.74) is 4.40. The van der Waals surface area contributed by atoms with Gasteiger partial charge >= 0.3 is 24.8 Å². The quantitative estimate of drug-likeness (QED) is 0.408. The summed E-state index contributed by atoms with van der Waals surface area (Å²) in [5, 5.41) is 12.2. The van der Waals surface area contributed by atoms with E-state index < -0.39 is 17.9 Å². The summed E-state index contributed by atoms with van der Waals surface area (Å²) in [7, 11) is 0. The molecule has 0 aliphatic rings. The number of aliphatic carboxylic acids is 1. The molecule has 0 saturated heterocycles. The van der Waals surface area contributed by atoms with E-state index in [-0.39, 0.29) is 20.3 Å². The van der Waals surface area contributed by atoms with E-state index in [0.717, 1.165) is 16.7 Å². The van der Waals surface area contributed by atoms with Crippen LogP contribution in [0.2, 0.25) is 0 Å². The number of rotatable bonds is 7. The van der Waals surface area contributed by atoms with Gasteiger partial charge in [0, 0.05) is 23.5 Å². The van der Waals surface area contributed by atoms with Crippen molar-refractivity contribution in [3.8, 4) is 23.0 Å². The number of aromatic nitrogens is 2. The van der Waals surface area contributed by atoms with Gasteiger partial charge in [0.25, 0.3) is 5.91 Å². The Morgan fingerprint density at radius 1 is 1.09 bits per heavy atom. The minimum atomic E-state index is -1.04. The number of benzene rings is 2. The molecule has 0 saturated carbocycles. The van der Waals surface area contributed by atoms with Crippen molar-refractivity contribution in [2.45, 2.75) is 19.4 Å². The topological polar surface area (TPSA) is 92.2 Å². The molecular formula is C25H24LiN3O3S. The molecule has 1 aromatic heterocycles. The third-order valence-electron chi connectivity index (χ3n) is 4.83. The second-order valence-corrected chi connectivity index (χ2v) is 8.08. The Bertz CT molecular complexity index is 1180. The average Bonchev–Trinajstić information content (AvgIpc) is 2.81. The van der Waals surface area contributed by atoms with Crippen molar-refractivity contribution in [1.82, 2.24) is 15.3 Å². The van der Waals surface area contributed by atoms with Gasteiger partial charge in [0.2, 0.25) is 0 Å². The van der Waals surface area contributed by atoms with E-state index in [2.05, 4.69) is 27.1 Å². The third-order valence-corrected chi connectivity index (χ3v) is 5.47. The fraction of sp³-hybridized carbons (Fsp3) is 0.200. The number of aryl methyl sites for hydroxylation is 1. The number of carboxylic acid groups (broad SMARTS) is 1. The minimum absolute atomic E-state index is 0. The Hall–Kier alpha value is -3.03.